The van der Waals surface area contributed by atoms with Crippen LogP contribution in [0, 0.1) is 0 Å². The molecular formula is C18H18N4O2S. The molecule has 0 radical (unpaired) electrons. The maximum Gasteiger partial charge on any atom is 0.273 e. The monoisotopic (exact) mass is 354 g/mol. The maximum absolute atomic E-state index is 12.3. The molecule has 0 saturated heterocycles. The van der Waals surface area contributed by atoms with Crippen LogP contribution in [0.3, 0.4) is 0 Å². The lowest BCUT2D eigenvalue weighted by molar-refractivity contribution is 0.0899. The van der Waals surface area contributed by atoms with Crippen LogP contribution in [0.1, 0.15) is 46.2 Å². The van der Waals surface area contributed by atoms with Crippen molar-refractivity contribution in [2.75, 3.05) is 0 Å². The Kier molecular flexibility index (Phi) is 4.31. The molecule has 1 amide bonds. The number of hydrogen-bond acceptors (Lipinski definition) is 6. The molecule has 0 bridgehead atoms. The summed E-state index contributed by atoms with van der Waals surface area (Å²) >= 11 is 1.67. The summed E-state index contributed by atoms with van der Waals surface area (Å²) in [5, 5.41) is 17.5. The van der Waals surface area contributed by atoms with E-state index in [2.05, 4.69) is 27.6 Å². The molecule has 1 aromatic carbocycles. The fourth-order valence-corrected chi connectivity index (χ4v) is 3.80. The van der Waals surface area contributed by atoms with Gasteiger partial charge in [0, 0.05) is 23.6 Å². The largest absolute Gasteiger partial charge is 0.355 e. The minimum atomic E-state index is -0.194. The third-order valence-electron chi connectivity index (χ3n) is 4.41. The molecule has 6 nitrogen and oxygen atoms in total. The smallest absolute Gasteiger partial charge is 0.273 e. The van der Waals surface area contributed by atoms with Crippen molar-refractivity contribution in [2.24, 2.45) is 0 Å². The second kappa shape index (κ2) is 6.76. The molecule has 1 aliphatic carbocycles. The van der Waals surface area contributed by atoms with E-state index in [1.807, 2.05) is 30.3 Å². The fourth-order valence-electron chi connectivity index (χ4n) is 2.89. The predicted octanol–water partition coefficient (Wildman–Crippen LogP) is 3.43. The Hall–Kier alpha value is -2.54. The van der Waals surface area contributed by atoms with Gasteiger partial charge < -0.3 is 9.84 Å². The Morgan fingerprint density at radius 2 is 2.08 bits per heavy atom. The van der Waals surface area contributed by atoms with Crippen molar-refractivity contribution in [3.63, 3.8) is 0 Å². The molecule has 2 aromatic heterocycles. The van der Waals surface area contributed by atoms with Gasteiger partial charge in [-0.1, -0.05) is 42.4 Å². The van der Waals surface area contributed by atoms with E-state index in [1.165, 1.54) is 0 Å². The number of nitrogens with one attached hydrogen (secondary N) is 1. The fraction of sp³-hybridized carbons (Fsp3) is 0.333. The Bertz CT molecular complexity index is 868. The van der Waals surface area contributed by atoms with E-state index in [4.69, 9.17) is 4.52 Å². The van der Waals surface area contributed by atoms with Gasteiger partial charge in [-0.25, -0.2) is 0 Å². The maximum atomic E-state index is 12.3. The second-order valence-corrected chi connectivity index (χ2v) is 7.26. The zero-order valence-corrected chi connectivity index (χ0v) is 14.6. The Balaban J connectivity index is 1.34. The van der Waals surface area contributed by atoms with E-state index >= 15 is 0 Å². The van der Waals surface area contributed by atoms with Gasteiger partial charge in [0.25, 0.3) is 5.91 Å². The highest BCUT2D eigenvalue weighted by Gasteiger charge is 2.34. The van der Waals surface area contributed by atoms with Crippen molar-refractivity contribution in [3.05, 3.63) is 52.1 Å². The van der Waals surface area contributed by atoms with Crippen LogP contribution in [0.25, 0.3) is 11.3 Å². The predicted molar refractivity (Wildman–Crippen MR) is 94.5 cm³/mol. The molecule has 1 fully saturated rings. The number of nitrogens with zero attached hydrogens (tertiary/aromatic N) is 3. The van der Waals surface area contributed by atoms with Gasteiger partial charge in [0.15, 0.2) is 11.5 Å². The van der Waals surface area contributed by atoms with Gasteiger partial charge >= 0.3 is 0 Å². The number of amides is 1. The zero-order valence-electron chi connectivity index (χ0n) is 13.8. The summed E-state index contributed by atoms with van der Waals surface area (Å²) in [7, 11) is 0. The number of rotatable bonds is 5. The van der Waals surface area contributed by atoms with Gasteiger partial charge in [-0.05, 0) is 19.3 Å². The molecule has 0 aliphatic heterocycles. The zero-order chi connectivity index (χ0) is 17.2. The summed E-state index contributed by atoms with van der Waals surface area (Å²) in [6.45, 7) is 2.08. The first-order valence-corrected chi connectivity index (χ1v) is 9.20. The summed E-state index contributed by atoms with van der Waals surface area (Å²) < 4.78 is 5.28. The van der Waals surface area contributed by atoms with Crippen molar-refractivity contribution in [3.8, 4) is 11.3 Å². The van der Waals surface area contributed by atoms with E-state index in [-0.39, 0.29) is 11.9 Å². The van der Waals surface area contributed by atoms with Gasteiger partial charge in [0.1, 0.15) is 10.0 Å². The lowest BCUT2D eigenvalue weighted by Crippen LogP contribution is -2.43. The SMILES string of the molecule is CCc1nnc([C@H]2C[C@@H](NC(=O)c3cc(-c4ccccc4)on3)C2)s1. The van der Waals surface area contributed by atoms with Gasteiger partial charge in [-0.15, -0.1) is 21.5 Å². The molecule has 25 heavy (non-hydrogen) atoms. The first-order valence-electron chi connectivity index (χ1n) is 8.38. The molecule has 128 valence electrons. The van der Waals surface area contributed by atoms with Gasteiger partial charge in [0.05, 0.1) is 0 Å². The number of hydrogen-bond donors (Lipinski definition) is 1. The summed E-state index contributed by atoms with van der Waals surface area (Å²) in [6, 6.07) is 11.5. The van der Waals surface area contributed by atoms with Crippen LogP contribution >= 0.6 is 11.3 Å². The quantitative estimate of drug-likeness (QED) is 0.759. The van der Waals surface area contributed by atoms with Crippen LogP contribution in [-0.4, -0.2) is 27.3 Å². The third-order valence-corrected chi connectivity index (χ3v) is 5.64. The lowest BCUT2D eigenvalue weighted by atomic mass is 9.80. The molecule has 4 rings (SSSR count). The van der Waals surface area contributed by atoms with Crippen LogP contribution in [0.4, 0.5) is 0 Å². The lowest BCUT2D eigenvalue weighted by Gasteiger charge is -2.33. The molecule has 1 saturated carbocycles. The number of aryl methyl sites for hydroxylation is 1. The van der Waals surface area contributed by atoms with E-state index < -0.39 is 0 Å². The van der Waals surface area contributed by atoms with Crippen molar-refractivity contribution in [2.45, 2.75) is 38.1 Å². The van der Waals surface area contributed by atoms with E-state index in [0.717, 1.165) is 34.8 Å². The molecule has 7 heteroatoms. The molecule has 1 N–H and O–H groups in total. The molecule has 3 aromatic rings. The Labute approximate surface area is 149 Å². The van der Waals surface area contributed by atoms with E-state index in [9.17, 15) is 4.79 Å². The highest BCUT2D eigenvalue weighted by atomic mass is 32.1. The summed E-state index contributed by atoms with van der Waals surface area (Å²) in [6.07, 6.45) is 2.71. The Morgan fingerprint density at radius 3 is 2.80 bits per heavy atom. The topological polar surface area (TPSA) is 80.9 Å². The molecule has 0 unspecified atom stereocenters. The molecule has 1 aliphatic rings. The van der Waals surface area contributed by atoms with Gasteiger partial charge in [-0.2, -0.15) is 0 Å². The van der Waals surface area contributed by atoms with Crippen molar-refractivity contribution >= 4 is 17.2 Å². The average Bonchev–Trinajstić information content (AvgIpc) is 3.27. The molecule has 0 atom stereocenters. The number of carbonyl (C=O) groups excluding carboxylic acids is 1. The van der Waals surface area contributed by atoms with Crippen molar-refractivity contribution < 1.29 is 9.32 Å². The normalized spacial score (nSPS) is 19.4. The summed E-state index contributed by atoms with van der Waals surface area (Å²) in [5.74, 6) is 0.805. The number of carbonyl (C=O) groups is 1. The summed E-state index contributed by atoms with van der Waals surface area (Å²) in [5.41, 5.74) is 1.22. The van der Waals surface area contributed by atoms with Crippen molar-refractivity contribution in [1.82, 2.24) is 20.7 Å². The van der Waals surface area contributed by atoms with Crippen LogP contribution < -0.4 is 5.32 Å². The molecular weight excluding hydrogens is 336 g/mol. The van der Waals surface area contributed by atoms with E-state index in [0.29, 0.717) is 17.4 Å². The third kappa shape index (κ3) is 3.32. The van der Waals surface area contributed by atoms with Gasteiger partial charge in [-0.3, -0.25) is 4.79 Å². The second-order valence-electron chi connectivity index (χ2n) is 6.17. The standard InChI is InChI=1S/C18H18N4O2S/c1-2-16-20-21-18(25-16)12-8-13(9-12)19-17(23)14-10-15(24-22-14)11-6-4-3-5-7-11/h3-7,10,12-13H,2,8-9H2,1H3,(H,19,23)/t12-,13+. The number of aromatic nitrogens is 3. The van der Waals surface area contributed by atoms with Crippen LogP contribution in [0.2, 0.25) is 0 Å². The highest BCUT2D eigenvalue weighted by Crippen LogP contribution is 2.38. The first kappa shape index (κ1) is 16.0. The average molecular weight is 354 g/mol. The Morgan fingerprint density at radius 1 is 1.28 bits per heavy atom. The molecule has 0 spiro atoms. The number of benzene rings is 1. The summed E-state index contributed by atoms with van der Waals surface area (Å²) in [4.78, 5) is 12.3. The minimum absolute atomic E-state index is 0.156. The minimum Gasteiger partial charge on any atom is -0.355 e. The van der Waals surface area contributed by atoms with Crippen molar-refractivity contribution in [1.29, 1.82) is 0 Å². The van der Waals surface area contributed by atoms with Crippen LogP contribution in [-0.2, 0) is 6.42 Å². The van der Waals surface area contributed by atoms with Crippen LogP contribution in [0.15, 0.2) is 40.9 Å². The van der Waals surface area contributed by atoms with Gasteiger partial charge in [0.2, 0.25) is 0 Å². The first-order chi connectivity index (χ1) is 12.2. The molecule has 2 heterocycles. The van der Waals surface area contributed by atoms with E-state index in [1.54, 1.807) is 17.4 Å². The van der Waals surface area contributed by atoms with Crippen LogP contribution in [0.5, 0.6) is 0 Å². The highest BCUT2D eigenvalue weighted by molar-refractivity contribution is 7.11.